The van der Waals surface area contributed by atoms with Gasteiger partial charge in [0.25, 0.3) is 5.56 Å². The maximum Gasteiger partial charge on any atom is 0.410 e. The number of benzene rings is 2. The van der Waals surface area contributed by atoms with Crippen LogP contribution in [0, 0.1) is 0 Å². The van der Waals surface area contributed by atoms with E-state index in [2.05, 4.69) is 5.32 Å². The van der Waals surface area contributed by atoms with Gasteiger partial charge in [0.05, 0.1) is 37.9 Å². The number of thiophene rings is 1. The maximum absolute atomic E-state index is 13.8. The topological polar surface area (TPSA) is 112 Å². The molecule has 11 heteroatoms. The fourth-order valence-electron chi connectivity index (χ4n) is 4.75. The van der Waals surface area contributed by atoms with E-state index in [4.69, 9.17) is 9.47 Å². The number of nitrogens with zero attached hydrogens (tertiary/aromatic N) is 3. The van der Waals surface area contributed by atoms with Crippen molar-refractivity contribution < 1.29 is 19.1 Å². The molecule has 0 saturated heterocycles. The number of nitrogens with one attached hydrogen (secondary N) is 1. The number of fused-ring (bicyclic) bond motifs is 3. The number of carbonyl (C=O) groups is 2. The third-order valence-electron chi connectivity index (χ3n) is 6.60. The summed E-state index contributed by atoms with van der Waals surface area (Å²) >= 11 is 1.26. The summed E-state index contributed by atoms with van der Waals surface area (Å²) in [4.78, 5) is 55.8. The quantitative estimate of drug-likeness (QED) is 0.379. The normalized spacial score (nSPS) is 12.7. The molecule has 1 N–H and O–H groups in total. The Kier molecular flexibility index (Phi) is 7.51. The van der Waals surface area contributed by atoms with Crippen LogP contribution in [0.2, 0.25) is 0 Å². The maximum atomic E-state index is 13.8. The van der Waals surface area contributed by atoms with Crippen LogP contribution in [0.15, 0.2) is 64.2 Å². The molecule has 0 saturated carbocycles. The van der Waals surface area contributed by atoms with Crippen molar-refractivity contribution in [3.05, 3.63) is 91.4 Å². The number of para-hydroxylation sites is 2. The summed E-state index contributed by atoms with van der Waals surface area (Å²) in [6.45, 7) is 2.44. The van der Waals surface area contributed by atoms with Gasteiger partial charge in [-0.05, 0) is 36.6 Å². The second-order valence-electron chi connectivity index (χ2n) is 9.05. The lowest BCUT2D eigenvalue weighted by molar-refractivity contribution is -0.116. The van der Waals surface area contributed by atoms with Crippen LogP contribution in [-0.2, 0) is 35.6 Å². The monoisotopic (exact) mass is 548 g/mol. The van der Waals surface area contributed by atoms with Gasteiger partial charge in [0, 0.05) is 11.4 Å². The molecule has 0 atom stereocenters. The molecule has 1 aliphatic heterocycles. The average molecular weight is 549 g/mol. The number of amides is 2. The minimum atomic E-state index is -0.577. The molecule has 39 heavy (non-hydrogen) atoms. The Balaban J connectivity index is 1.59. The Morgan fingerprint density at radius 2 is 1.77 bits per heavy atom. The molecule has 10 nitrogen and oxygen atoms in total. The van der Waals surface area contributed by atoms with Crippen LogP contribution in [0.3, 0.4) is 0 Å². The first-order valence-electron chi connectivity index (χ1n) is 12.6. The molecule has 0 spiro atoms. The highest BCUT2D eigenvalue weighted by Crippen LogP contribution is 2.33. The average Bonchev–Trinajstić information content (AvgIpc) is 3.33. The molecular weight excluding hydrogens is 520 g/mol. The smallest absolute Gasteiger partial charge is 0.410 e. The standard InChI is InChI=1S/C28H28N4O6S/c1-3-38-28(36)30-14-13-19-22(16-30)39-26-24(19)25(34)31(15-18-9-5-4-6-10-18)27(35)32(26)17-23(33)29-20-11-7-8-12-21(20)37-2/h4-12H,3,13-17H2,1-2H3,(H,29,33). The summed E-state index contributed by atoms with van der Waals surface area (Å²) in [5.41, 5.74) is 1.09. The van der Waals surface area contributed by atoms with Crippen LogP contribution in [0.5, 0.6) is 5.75 Å². The summed E-state index contributed by atoms with van der Waals surface area (Å²) < 4.78 is 13.0. The number of ether oxygens (including phenoxy) is 2. The molecule has 0 bridgehead atoms. The van der Waals surface area contributed by atoms with Crippen LogP contribution >= 0.6 is 11.3 Å². The second kappa shape index (κ2) is 11.2. The van der Waals surface area contributed by atoms with E-state index in [-0.39, 0.29) is 26.2 Å². The summed E-state index contributed by atoms with van der Waals surface area (Å²) in [5.74, 6) is 0.0513. The van der Waals surface area contributed by atoms with E-state index in [9.17, 15) is 19.2 Å². The van der Waals surface area contributed by atoms with E-state index in [0.29, 0.717) is 34.6 Å². The van der Waals surface area contributed by atoms with Crippen molar-refractivity contribution in [2.45, 2.75) is 33.0 Å². The largest absolute Gasteiger partial charge is 0.495 e. The van der Waals surface area contributed by atoms with E-state index >= 15 is 0 Å². The number of methoxy groups -OCH3 is 1. The molecule has 2 aromatic carbocycles. The highest BCUT2D eigenvalue weighted by atomic mass is 32.1. The number of carbonyl (C=O) groups excluding carboxylic acids is 2. The van der Waals surface area contributed by atoms with Gasteiger partial charge in [-0.15, -0.1) is 11.3 Å². The zero-order chi connectivity index (χ0) is 27.5. The molecule has 0 unspecified atom stereocenters. The van der Waals surface area contributed by atoms with E-state index in [1.54, 1.807) is 36.1 Å². The summed E-state index contributed by atoms with van der Waals surface area (Å²) in [6.07, 6.45) is 0.0241. The Labute approximate surface area is 228 Å². The Morgan fingerprint density at radius 3 is 2.51 bits per heavy atom. The van der Waals surface area contributed by atoms with Gasteiger partial charge in [-0.2, -0.15) is 0 Å². The van der Waals surface area contributed by atoms with Crippen molar-refractivity contribution in [1.29, 1.82) is 0 Å². The van der Waals surface area contributed by atoms with Crippen LogP contribution < -0.4 is 21.3 Å². The lowest BCUT2D eigenvalue weighted by Gasteiger charge is -2.25. The summed E-state index contributed by atoms with van der Waals surface area (Å²) in [6, 6.07) is 16.2. The molecule has 1 aliphatic rings. The molecule has 202 valence electrons. The molecule has 3 heterocycles. The van der Waals surface area contributed by atoms with Gasteiger partial charge in [-0.3, -0.25) is 18.7 Å². The van der Waals surface area contributed by atoms with E-state index < -0.39 is 23.2 Å². The zero-order valence-electron chi connectivity index (χ0n) is 21.6. The van der Waals surface area contributed by atoms with E-state index in [1.165, 1.54) is 27.6 Å². The van der Waals surface area contributed by atoms with Crippen LogP contribution in [-0.4, -0.2) is 46.3 Å². The van der Waals surface area contributed by atoms with Gasteiger partial charge in [0.2, 0.25) is 5.91 Å². The zero-order valence-corrected chi connectivity index (χ0v) is 22.5. The number of hydrogen-bond donors (Lipinski definition) is 1. The minimum absolute atomic E-state index is 0.0716. The fraction of sp³-hybridized carbons (Fsp3) is 0.286. The summed E-state index contributed by atoms with van der Waals surface area (Å²) in [7, 11) is 1.51. The van der Waals surface area contributed by atoms with Gasteiger partial charge < -0.3 is 19.7 Å². The van der Waals surface area contributed by atoms with E-state index in [1.807, 2.05) is 30.3 Å². The lowest BCUT2D eigenvalue weighted by Crippen LogP contribution is -2.42. The Bertz CT molecular complexity index is 1660. The SMILES string of the molecule is CCOC(=O)N1CCc2c(sc3c2c(=O)n(Cc2ccccc2)c(=O)n3CC(=O)Nc2ccccc2OC)C1. The molecule has 2 amide bonds. The first-order chi connectivity index (χ1) is 18.9. The third kappa shape index (κ3) is 5.17. The predicted molar refractivity (Wildman–Crippen MR) is 149 cm³/mol. The summed E-state index contributed by atoms with van der Waals surface area (Å²) in [5, 5.41) is 3.22. The van der Waals surface area contributed by atoms with Crippen molar-refractivity contribution in [3.63, 3.8) is 0 Å². The van der Waals surface area contributed by atoms with Crippen LogP contribution in [0.4, 0.5) is 10.5 Å². The van der Waals surface area contributed by atoms with Crippen LogP contribution in [0.1, 0.15) is 22.9 Å². The van der Waals surface area contributed by atoms with Crippen molar-refractivity contribution in [3.8, 4) is 5.75 Å². The molecule has 0 aliphatic carbocycles. The Hall–Kier alpha value is -4.38. The Morgan fingerprint density at radius 1 is 1.03 bits per heavy atom. The number of hydrogen-bond acceptors (Lipinski definition) is 7. The van der Waals surface area contributed by atoms with Gasteiger partial charge in [0.15, 0.2) is 0 Å². The number of aromatic nitrogens is 2. The fourth-order valence-corrected chi connectivity index (χ4v) is 6.10. The van der Waals surface area contributed by atoms with Gasteiger partial charge in [-0.25, -0.2) is 9.59 Å². The molecule has 0 radical (unpaired) electrons. The first-order valence-corrected chi connectivity index (χ1v) is 13.4. The van der Waals surface area contributed by atoms with Gasteiger partial charge in [0.1, 0.15) is 17.1 Å². The highest BCUT2D eigenvalue weighted by molar-refractivity contribution is 7.18. The molecular formula is C28H28N4O6S. The van der Waals surface area contributed by atoms with Gasteiger partial charge >= 0.3 is 11.8 Å². The number of rotatable bonds is 7. The van der Waals surface area contributed by atoms with Crippen molar-refractivity contribution >= 4 is 39.2 Å². The predicted octanol–water partition coefficient (Wildman–Crippen LogP) is 3.43. The van der Waals surface area contributed by atoms with Crippen molar-refractivity contribution in [1.82, 2.24) is 14.0 Å². The second-order valence-corrected chi connectivity index (χ2v) is 10.1. The first kappa shape index (κ1) is 26.2. The number of anilines is 1. The van der Waals surface area contributed by atoms with Crippen LogP contribution in [0.25, 0.3) is 10.2 Å². The molecule has 5 rings (SSSR count). The van der Waals surface area contributed by atoms with Crippen molar-refractivity contribution in [2.24, 2.45) is 0 Å². The lowest BCUT2D eigenvalue weighted by atomic mass is 10.1. The molecule has 0 fully saturated rings. The third-order valence-corrected chi connectivity index (χ3v) is 7.84. The molecule has 4 aromatic rings. The van der Waals surface area contributed by atoms with E-state index in [0.717, 1.165) is 16.0 Å². The highest BCUT2D eigenvalue weighted by Gasteiger charge is 2.29. The van der Waals surface area contributed by atoms with Crippen molar-refractivity contribution in [2.75, 3.05) is 25.6 Å². The minimum Gasteiger partial charge on any atom is -0.495 e. The van der Waals surface area contributed by atoms with Gasteiger partial charge in [-0.1, -0.05) is 42.5 Å². The molecule has 2 aromatic heterocycles.